The molecule has 158 valence electrons. The molecule has 0 spiro atoms. The van der Waals surface area contributed by atoms with Gasteiger partial charge in [0.2, 0.25) is 0 Å². The topological polar surface area (TPSA) is 11.3 Å². The van der Waals surface area contributed by atoms with E-state index < -0.39 is 11.7 Å². The zero-order valence-corrected chi connectivity index (χ0v) is 17.7. The molecular weight excluding hydrogens is 385 g/mol. The van der Waals surface area contributed by atoms with Gasteiger partial charge in [0.15, 0.2) is 0 Å². The quantitative estimate of drug-likeness (QED) is 0.270. The fourth-order valence-electron chi connectivity index (χ4n) is 3.97. The minimum Gasteiger partial charge on any atom is -0.213 e. The van der Waals surface area contributed by atoms with Crippen molar-refractivity contribution in [2.24, 2.45) is 11.3 Å². The molecule has 0 fully saturated rings. The van der Waals surface area contributed by atoms with E-state index in [0.29, 0.717) is 23.9 Å². The summed E-state index contributed by atoms with van der Waals surface area (Å²) in [6.45, 7) is 6.70. The molecule has 1 atom stereocenters. The van der Waals surface area contributed by atoms with Crippen LogP contribution in [0, 0.1) is 11.3 Å². The number of para-hydroxylation sites is 1. The van der Waals surface area contributed by atoms with E-state index in [1.165, 1.54) is 17.7 Å². The monoisotopic (exact) mass is 413 g/mol. The Kier molecular flexibility index (Phi) is 6.64. The fourth-order valence-corrected chi connectivity index (χ4v) is 3.97. The van der Waals surface area contributed by atoms with E-state index in [4.69, 9.17) is 4.42 Å². The van der Waals surface area contributed by atoms with Crippen LogP contribution < -0.4 is 0 Å². The Morgan fingerprint density at radius 3 is 2.33 bits per heavy atom. The Balaban J connectivity index is 1.89. The first kappa shape index (κ1) is 22.1. The van der Waals surface area contributed by atoms with Crippen LogP contribution in [0.5, 0.6) is 5.75 Å². The van der Waals surface area contributed by atoms with E-state index in [1.54, 1.807) is 0 Å². The molecule has 0 saturated heterocycles. The number of carbonyl (C=O) groups excluding carboxylic acids is 1. The van der Waals surface area contributed by atoms with E-state index in [-0.39, 0.29) is 5.41 Å². The van der Waals surface area contributed by atoms with Crippen LogP contribution in [-0.2, 0) is 17.0 Å². The van der Waals surface area contributed by atoms with E-state index in [2.05, 4.69) is 32.9 Å². The van der Waals surface area contributed by atoms with Gasteiger partial charge in [-0.3, -0.25) is 0 Å². The first-order valence-electron chi connectivity index (χ1n) is 10.2. The molecule has 2 aromatic rings. The molecule has 3 rings (SSSR count). The van der Waals surface area contributed by atoms with Crippen molar-refractivity contribution in [3.8, 4) is 5.75 Å². The number of allylic oxidation sites excluding steroid dienone is 4. The summed E-state index contributed by atoms with van der Waals surface area (Å²) in [6, 6.07) is 14.7. The van der Waals surface area contributed by atoms with Gasteiger partial charge >= 0.3 is 17.7 Å². The zero-order valence-electron chi connectivity index (χ0n) is 17.7. The van der Waals surface area contributed by atoms with E-state index >= 15 is 0 Å². The third-order valence-corrected chi connectivity index (χ3v) is 5.71. The molecule has 0 aliphatic heterocycles. The van der Waals surface area contributed by atoms with Crippen molar-refractivity contribution in [2.45, 2.75) is 46.2 Å². The van der Waals surface area contributed by atoms with Gasteiger partial charge in [-0.05, 0) is 42.9 Å². The zero-order chi connectivity index (χ0) is 21.8. The maximum absolute atomic E-state index is 12.9. The van der Waals surface area contributed by atoms with Crippen molar-refractivity contribution in [1.82, 2.24) is 0 Å². The molecule has 0 N–H and O–H groups in total. The molecule has 1 nitrogen and oxygen atoms in total. The molecule has 1 unspecified atom stereocenters. The van der Waals surface area contributed by atoms with Crippen LogP contribution in [0.25, 0.3) is 0 Å². The maximum Gasteiger partial charge on any atom is 0.416 e. The number of hydrogen-bond acceptors (Lipinski definition) is 0. The summed E-state index contributed by atoms with van der Waals surface area (Å²) in [6.07, 6.45) is 4.74. The van der Waals surface area contributed by atoms with Crippen LogP contribution >= 0.6 is 0 Å². The Bertz CT molecular complexity index is 932. The van der Waals surface area contributed by atoms with E-state index in [1.807, 2.05) is 36.4 Å². The van der Waals surface area contributed by atoms with Crippen LogP contribution in [0.2, 0.25) is 0 Å². The standard InChI is InChI=1S/C26H28F3O/c1-19-8-7-17-25(2,3)24(19)16-15-23(30-22-9-5-4-6-10-22)18-20-11-13-21(14-12-20)26(27,28)29/h4-6,8-16,24H,7,17-18H2,1-3H3/q+1. The third kappa shape index (κ3) is 5.71. The van der Waals surface area contributed by atoms with E-state index in [0.717, 1.165) is 30.5 Å². The first-order chi connectivity index (χ1) is 14.1. The minimum absolute atomic E-state index is 0.154. The summed E-state index contributed by atoms with van der Waals surface area (Å²) in [4.78, 5) is 0. The first-order valence-corrected chi connectivity index (χ1v) is 10.2. The van der Waals surface area contributed by atoms with Crippen LogP contribution in [0.4, 0.5) is 13.2 Å². The Morgan fingerprint density at radius 1 is 1.07 bits per heavy atom. The largest absolute Gasteiger partial charge is 0.416 e. The Morgan fingerprint density at radius 2 is 1.73 bits per heavy atom. The summed E-state index contributed by atoms with van der Waals surface area (Å²) in [7, 11) is 0. The predicted octanol–water partition coefficient (Wildman–Crippen LogP) is 7.70. The molecule has 1 aliphatic carbocycles. The molecule has 0 aromatic heterocycles. The molecule has 2 aromatic carbocycles. The van der Waals surface area contributed by atoms with Crippen molar-refractivity contribution in [2.75, 3.05) is 0 Å². The lowest BCUT2D eigenvalue weighted by Gasteiger charge is -2.36. The van der Waals surface area contributed by atoms with Crippen molar-refractivity contribution in [3.63, 3.8) is 0 Å². The average molecular weight is 414 g/mol. The summed E-state index contributed by atoms with van der Waals surface area (Å²) >= 11 is 0. The highest BCUT2D eigenvalue weighted by molar-refractivity contribution is 5.92. The van der Waals surface area contributed by atoms with Crippen molar-refractivity contribution < 1.29 is 17.6 Å². The van der Waals surface area contributed by atoms with Crippen LogP contribution in [0.1, 0.15) is 44.7 Å². The second-order valence-corrected chi connectivity index (χ2v) is 8.57. The summed E-state index contributed by atoms with van der Waals surface area (Å²) in [5.74, 6) is 1.71. The van der Waals surface area contributed by atoms with E-state index in [9.17, 15) is 13.2 Å². The van der Waals surface area contributed by atoms with Gasteiger partial charge in [0.05, 0.1) is 12.0 Å². The average Bonchev–Trinajstić information content (AvgIpc) is 2.67. The number of benzene rings is 2. The third-order valence-electron chi connectivity index (χ3n) is 5.71. The number of rotatable bonds is 5. The van der Waals surface area contributed by atoms with Gasteiger partial charge in [0.25, 0.3) is 0 Å². The number of ketones is 1. The minimum atomic E-state index is -4.33. The number of halogens is 3. The Hall–Kier alpha value is -2.62. The van der Waals surface area contributed by atoms with Crippen molar-refractivity contribution in [3.05, 3.63) is 89.5 Å². The van der Waals surface area contributed by atoms with Gasteiger partial charge in [-0.2, -0.15) is 13.2 Å². The van der Waals surface area contributed by atoms with Gasteiger partial charge < -0.3 is 0 Å². The summed E-state index contributed by atoms with van der Waals surface area (Å²) < 4.78 is 44.7. The lowest BCUT2D eigenvalue weighted by molar-refractivity contribution is -0.366. The highest BCUT2D eigenvalue weighted by Gasteiger charge is 2.32. The highest BCUT2D eigenvalue weighted by Crippen LogP contribution is 2.41. The fraction of sp³-hybridized carbons (Fsp3) is 0.346. The van der Waals surface area contributed by atoms with Gasteiger partial charge in [-0.25, -0.2) is 4.42 Å². The second-order valence-electron chi connectivity index (χ2n) is 8.57. The number of hydrogen-bond donors (Lipinski definition) is 0. The van der Waals surface area contributed by atoms with Gasteiger partial charge in [0, 0.05) is 24.1 Å². The van der Waals surface area contributed by atoms with Crippen molar-refractivity contribution in [1.29, 1.82) is 0 Å². The molecule has 0 amide bonds. The molecule has 0 bridgehead atoms. The smallest absolute Gasteiger partial charge is 0.213 e. The SMILES string of the molecule is CC1=CCCC(C)(C)C1C=CC(Cc1ccc(C(F)(F)F)cc1)=[O+]c1ccccc1. The van der Waals surface area contributed by atoms with Crippen LogP contribution in [-0.4, -0.2) is 5.78 Å². The normalized spacial score (nSPS) is 19.7. The maximum atomic E-state index is 12.9. The van der Waals surface area contributed by atoms with Crippen LogP contribution in [0.3, 0.4) is 0 Å². The summed E-state index contributed by atoms with van der Waals surface area (Å²) in [5, 5.41) is 0. The molecule has 1 aliphatic rings. The molecule has 4 heteroatoms. The van der Waals surface area contributed by atoms with Crippen LogP contribution in [0.15, 0.2) is 78.4 Å². The summed E-state index contributed by atoms with van der Waals surface area (Å²) in [5.41, 5.74) is 1.63. The molecule has 0 saturated carbocycles. The lowest BCUT2D eigenvalue weighted by atomic mass is 9.68. The molecule has 0 heterocycles. The predicted molar refractivity (Wildman–Crippen MR) is 115 cm³/mol. The Labute approximate surface area is 176 Å². The highest BCUT2D eigenvalue weighted by atomic mass is 19.4. The lowest BCUT2D eigenvalue weighted by Crippen LogP contribution is -2.26. The second kappa shape index (κ2) is 9.03. The van der Waals surface area contributed by atoms with Crippen molar-refractivity contribution >= 4 is 5.78 Å². The molecule has 30 heavy (non-hydrogen) atoms. The molecular formula is C26H28F3O+. The van der Waals surface area contributed by atoms with Gasteiger partial charge in [-0.15, -0.1) is 0 Å². The van der Waals surface area contributed by atoms with Gasteiger partial charge in [0.1, 0.15) is 0 Å². The van der Waals surface area contributed by atoms with Gasteiger partial charge in [-0.1, -0.05) is 61.9 Å². The number of alkyl halides is 3. The molecule has 0 radical (unpaired) electrons.